The molecule has 10 heavy (non-hydrogen) atoms. The Morgan fingerprint density at radius 3 is 2.60 bits per heavy atom. The molecule has 2 nitrogen and oxygen atoms in total. The fourth-order valence-corrected chi connectivity index (χ4v) is 1.79. The maximum Gasteiger partial charge on any atom is 0.0567 e. The number of piperidine rings is 1. The summed E-state index contributed by atoms with van der Waals surface area (Å²) in [7, 11) is 0. The van der Waals surface area contributed by atoms with Crippen LogP contribution in [-0.4, -0.2) is 23.8 Å². The molecule has 2 fully saturated rings. The third-order valence-corrected chi connectivity index (χ3v) is 2.60. The highest BCUT2D eigenvalue weighted by Gasteiger charge is 2.33. The standard InChI is InChI=1S/C8H15NO/c10-7-3-4-9-8(5-7)6-1-2-6/h6-10H,1-5H2/t7-,8-/m0/s1. The fraction of sp³-hybridized carbons (Fsp3) is 1.00. The van der Waals surface area contributed by atoms with Crippen molar-refractivity contribution in [2.24, 2.45) is 5.92 Å². The molecule has 0 aromatic heterocycles. The summed E-state index contributed by atoms with van der Waals surface area (Å²) in [5.41, 5.74) is 0. The van der Waals surface area contributed by atoms with E-state index >= 15 is 0 Å². The van der Waals surface area contributed by atoms with E-state index in [4.69, 9.17) is 0 Å². The van der Waals surface area contributed by atoms with Crippen LogP contribution in [0.4, 0.5) is 0 Å². The Balaban J connectivity index is 1.84. The van der Waals surface area contributed by atoms with Gasteiger partial charge in [0.25, 0.3) is 0 Å². The van der Waals surface area contributed by atoms with E-state index in [-0.39, 0.29) is 6.10 Å². The lowest BCUT2D eigenvalue weighted by Gasteiger charge is -2.27. The van der Waals surface area contributed by atoms with Crippen LogP contribution in [0.2, 0.25) is 0 Å². The normalized spacial score (nSPS) is 41.7. The zero-order valence-corrected chi connectivity index (χ0v) is 6.21. The van der Waals surface area contributed by atoms with E-state index in [1.165, 1.54) is 12.8 Å². The molecule has 0 aromatic rings. The summed E-state index contributed by atoms with van der Waals surface area (Å²) >= 11 is 0. The molecule has 1 aliphatic carbocycles. The van der Waals surface area contributed by atoms with Crippen molar-refractivity contribution in [3.8, 4) is 0 Å². The van der Waals surface area contributed by atoms with Gasteiger partial charge in [-0.2, -0.15) is 0 Å². The monoisotopic (exact) mass is 141 g/mol. The zero-order valence-electron chi connectivity index (χ0n) is 6.21. The van der Waals surface area contributed by atoms with Crippen LogP contribution < -0.4 is 5.32 Å². The number of rotatable bonds is 1. The molecule has 2 heteroatoms. The first-order valence-corrected chi connectivity index (χ1v) is 4.28. The van der Waals surface area contributed by atoms with Crippen LogP contribution in [0.1, 0.15) is 25.7 Å². The SMILES string of the molecule is O[C@H]1CCN[C@H](C2CC2)C1. The Labute approximate surface area is 61.6 Å². The molecular weight excluding hydrogens is 126 g/mol. The molecule has 0 amide bonds. The van der Waals surface area contributed by atoms with Gasteiger partial charge >= 0.3 is 0 Å². The van der Waals surface area contributed by atoms with Crippen LogP contribution in [0.15, 0.2) is 0 Å². The summed E-state index contributed by atoms with van der Waals surface area (Å²) in [6.07, 6.45) is 4.68. The minimum absolute atomic E-state index is 0.0214. The molecule has 1 saturated heterocycles. The van der Waals surface area contributed by atoms with E-state index in [9.17, 15) is 5.11 Å². The van der Waals surface area contributed by atoms with Crippen molar-refractivity contribution in [1.29, 1.82) is 0 Å². The molecule has 1 saturated carbocycles. The lowest BCUT2D eigenvalue weighted by Crippen LogP contribution is -2.41. The summed E-state index contributed by atoms with van der Waals surface area (Å²) in [5.74, 6) is 0.898. The molecule has 0 unspecified atom stereocenters. The second-order valence-corrected chi connectivity index (χ2v) is 3.58. The van der Waals surface area contributed by atoms with E-state index in [0.717, 1.165) is 25.3 Å². The molecule has 0 bridgehead atoms. The quantitative estimate of drug-likeness (QED) is 0.557. The predicted molar refractivity (Wildman–Crippen MR) is 39.8 cm³/mol. The largest absolute Gasteiger partial charge is 0.393 e. The molecule has 2 rings (SSSR count). The van der Waals surface area contributed by atoms with Gasteiger partial charge < -0.3 is 10.4 Å². The molecular formula is C8H15NO. The Bertz CT molecular complexity index is 122. The Kier molecular flexibility index (Phi) is 1.66. The highest BCUT2D eigenvalue weighted by Crippen LogP contribution is 2.35. The van der Waals surface area contributed by atoms with Gasteiger partial charge in [-0.05, 0) is 38.1 Å². The lowest BCUT2D eigenvalue weighted by atomic mass is 9.98. The smallest absolute Gasteiger partial charge is 0.0567 e. The molecule has 0 spiro atoms. The third kappa shape index (κ3) is 1.32. The average Bonchev–Trinajstić information content (AvgIpc) is 2.68. The molecule has 2 aliphatic rings. The van der Waals surface area contributed by atoms with Gasteiger partial charge in [0.15, 0.2) is 0 Å². The first kappa shape index (κ1) is 6.62. The van der Waals surface area contributed by atoms with Gasteiger partial charge in [-0.1, -0.05) is 0 Å². The second kappa shape index (κ2) is 2.51. The summed E-state index contributed by atoms with van der Waals surface area (Å²) in [4.78, 5) is 0. The van der Waals surface area contributed by atoms with Gasteiger partial charge in [0.05, 0.1) is 6.10 Å². The molecule has 1 heterocycles. The van der Waals surface area contributed by atoms with Crippen molar-refractivity contribution in [1.82, 2.24) is 5.32 Å². The van der Waals surface area contributed by atoms with Crippen molar-refractivity contribution in [2.45, 2.75) is 37.8 Å². The minimum atomic E-state index is -0.0214. The highest BCUT2D eigenvalue weighted by atomic mass is 16.3. The van der Waals surface area contributed by atoms with E-state index in [1.807, 2.05) is 0 Å². The topological polar surface area (TPSA) is 32.3 Å². The van der Waals surface area contributed by atoms with Gasteiger partial charge in [0.2, 0.25) is 0 Å². The fourth-order valence-electron chi connectivity index (χ4n) is 1.79. The van der Waals surface area contributed by atoms with Crippen LogP contribution in [0.25, 0.3) is 0 Å². The molecule has 1 aliphatic heterocycles. The van der Waals surface area contributed by atoms with Crippen molar-refractivity contribution in [2.75, 3.05) is 6.54 Å². The lowest BCUT2D eigenvalue weighted by molar-refractivity contribution is 0.111. The molecule has 2 N–H and O–H groups in total. The van der Waals surface area contributed by atoms with Crippen LogP contribution >= 0.6 is 0 Å². The average molecular weight is 141 g/mol. The maximum absolute atomic E-state index is 9.32. The first-order valence-electron chi connectivity index (χ1n) is 4.28. The van der Waals surface area contributed by atoms with Crippen molar-refractivity contribution in [3.63, 3.8) is 0 Å². The molecule has 58 valence electrons. The Morgan fingerprint density at radius 1 is 1.20 bits per heavy atom. The Morgan fingerprint density at radius 2 is 2.00 bits per heavy atom. The number of aliphatic hydroxyl groups is 1. The van der Waals surface area contributed by atoms with Crippen LogP contribution in [-0.2, 0) is 0 Å². The first-order chi connectivity index (χ1) is 4.86. The Hall–Kier alpha value is -0.0800. The predicted octanol–water partition coefficient (Wildman–Crippen LogP) is 0.509. The highest BCUT2D eigenvalue weighted by molar-refractivity contribution is 4.90. The van der Waals surface area contributed by atoms with Crippen LogP contribution in [0, 0.1) is 5.92 Å². The van der Waals surface area contributed by atoms with E-state index in [0.29, 0.717) is 6.04 Å². The van der Waals surface area contributed by atoms with Gasteiger partial charge in [-0.15, -0.1) is 0 Å². The summed E-state index contributed by atoms with van der Waals surface area (Å²) in [6, 6.07) is 0.642. The number of hydrogen-bond acceptors (Lipinski definition) is 2. The summed E-state index contributed by atoms with van der Waals surface area (Å²) in [6.45, 7) is 1.02. The van der Waals surface area contributed by atoms with Crippen molar-refractivity contribution < 1.29 is 5.11 Å². The number of hydrogen-bond donors (Lipinski definition) is 2. The van der Waals surface area contributed by atoms with Gasteiger partial charge in [0.1, 0.15) is 0 Å². The minimum Gasteiger partial charge on any atom is -0.393 e. The molecule has 2 atom stereocenters. The van der Waals surface area contributed by atoms with Gasteiger partial charge in [0, 0.05) is 6.04 Å². The zero-order chi connectivity index (χ0) is 6.97. The molecule has 0 aromatic carbocycles. The second-order valence-electron chi connectivity index (χ2n) is 3.58. The maximum atomic E-state index is 9.32. The van der Waals surface area contributed by atoms with Crippen LogP contribution in [0.5, 0.6) is 0 Å². The van der Waals surface area contributed by atoms with E-state index < -0.39 is 0 Å². The van der Waals surface area contributed by atoms with Gasteiger partial charge in [-0.3, -0.25) is 0 Å². The summed E-state index contributed by atoms with van der Waals surface area (Å²) < 4.78 is 0. The number of aliphatic hydroxyl groups excluding tert-OH is 1. The van der Waals surface area contributed by atoms with Crippen molar-refractivity contribution >= 4 is 0 Å². The van der Waals surface area contributed by atoms with Crippen molar-refractivity contribution in [3.05, 3.63) is 0 Å². The number of nitrogens with one attached hydrogen (secondary N) is 1. The van der Waals surface area contributed by atoms with Crippen LogP contribution in [0.3, 0.4) is 0 Å². The summed E-state index contributed by atoms with van der Waals surface area (Å²) in [5, 5.41) is 12.8. The van der Waals surface area contributed by atoms with E-state index in [2.05, 4.69) is 5.32 Å². The van der Waals surface area contributed by atoms with E-state index in [1.54, 1.807) is 0 Å². The van der Waals surface area contributed by atoms with Gasteiger partial charge in [-0.25, -0.2) is 0 Å². The third-order valence-electron chi connectivity index (χ3n) is 2.60. The molecule has 0 radical (unpaired) electrons.